The van der Waals surface area contributed by atoms with Gasteiger partial charge in [0.25, 0.3) is 0 Å². The van der Waals surface area contributed by atoms with E-state index in [2.05, 4.69) is 6.92 Å². The largest absolute Gasteiger partial charge is 0.381 e. The van der Waals surface area contributed by atoms with E-state index in [0.717, 1.165) is 31.6 Å². The van der Waals surface area contributed by atoms with Gasteiger partial charge in [-0.25, -0.2) is 0 Å². The van der Waals surface area contributed by atoms with E-state index in [1.807, 2.05) is 0 Å². The summed E-state index contributed by atoms with van der Waals surface area (Å²) < 4.78 is 5.80. The number of hydrogen-bond donors (Lipinski definition) is 1. The predicted octanol–water partition coefficient (Wildman–Crippen LogP) is 3.35. The van der Waals surface area contributed by atoms with Crippen LogP contribution in [0.1, 0.15) is 58.3 Å². The van der Waals surface area contributed by atoms with Gasteiger partial charge in [0.15, 0.2) is 0 Å². The van der Waals surface area contributed by atoms with Crippen molar-refractivity contribution in [2.45, 2.75) is 58.3 Å². The fourth-order valence-corrected chi connectivity index (χ4v) is 2.68. The zero-order valence-corrected chi connectivity index (χ0v) is 10.9. The van der Waals surface area contributed by atoms with Crippen LogP contribution < -0.4 is 5.73 Å². The van der Waals surface area contributed by atoms with Crippen LogP contribution in [0.5, 0.6) is 0 Å². The molecule has 2 N–H and O–H groups in total. The van der Waals surface area contributed by atoms with Crippen LogP contribution in [-0.4, -0.2) is 19.8 Å². The van der Waals surface area contributed by atoms with Crippen molar-refractivity contribution in [3.8, 4) is 0 Å². The SMILES string of the molecule is CCCCCCOCC1CCCCC1CN. The molecule has 1 rings (SSSR count). The van der Waals surface area contributed by atoms with E-state index in [-0.39, 0.29) is 0 Å². The summed E-state index contributed by atoms with van der Waals surface area (Å²) in [6, 6.07) is 0. The zero-order valence-electron chi connectivity index (χ0n) is 10.9. The molecular weight excluding hydrogens is 198 g/mol. The summed E-state index contributed by atoms with van der Waals surface area (Å²) in [5, 5.41) is 0. The molecule has 16 heavy (non-hydrogen) atoms. The van der Waals surface area contributed by atoms with Crippen molar-refractivity contribution >= 4 is 0 Å². The molecule has 1 saturated carbocycles. The fraction of sp³-hybridized carbons (Fsp3) is 1.00. The third-order valence-electron chi connectivity index (χ3n) is 3.84. The van der Waals surface area contributed by atoms with Crippen molar-refractivity contribution < 1.29 is 4.74 Å². The Bertz CT molecular complexity index is 161. The van der Waals surface area contributed by atoms with E-state index in [0.29, 0.717) is 0 Å². The number of hydrogen-bond acceptors (Lipinski definition) is 2. The van der Waals surface area contributed by atoms with Gasteiger partial charge < -0.3 is 10.5 Å². The quantitative estimate of drug-likeness (QED) is 0.645. The summed E-state index contributed by atoms with van der Waals surface area (Å²) in [7, 11) is 0. The first-order valence-corrected chi connectivity index (χ1v) is 7.16. The van der Waals surface area contributed by atoms with Gasteiger partial charge in [0.2, 0.25) is 0 Å². The lowest BCUT2D eigenvalue weighted by atomic mass is 9.80. The third kappa shape index (κ3) is 5.31. The highest BCUT2D eigenvalue weighted by atomic mass is 16.5. The monoisotopic (exact) mass is 227 g/mol. The van der Waals surface area contributed by atoms with Crippen LogP contribution in [0.25, 0.3) is 0 Å². The summed E-state index contributed by atoms with van der Waals surface area (Å²) in [6.07, 6.45) is 10.6. The smallest absolute Gasteiger partial charge is 0.0497 e. The van der Waals surface area contributed by atoms with Crippen molar-refractivity contribution in [2.24, 2.45) is 17.6 Å². The number of ether oxygens (including phenoxy) is 1. The number of nitrogens with two attached hydrogens (primary N) is 1. The highest BCUT2D eigenvalue weighted by Crippen LogP contribution is 2.29. The van der Waals surface area contributed by atoms with Crippen molar-refractivity contribution in [1.29, 1.82) is 0 Å². The zero-order chi connectivity index (χ0) is 11.6. The highest BCUT2D eigenvalue weighted by molar-refractivity contribution is 4.75. The Labute approximate surface area is 101 Å². The van der Waals surface area contributed by atoms with E-state index in [9.17, 15) is 0 Å². The number of rotatable bonds is 8. The van der Waals surface area contributed by atoms with Crippen molar-refractivity contribution in [3.05, 3.63) is 0 Å². The maximum absolute atomic E-state index is 5.81. The molecule has 2 unspecified atom stereocenters. The van der Waals surface area contributed by atoms with Gasteiger partial charge in [-0.2, -0.15) is 0 Å². The summed E-state index contributed by atoms with van der Waals surface area (Å²) in [4.78, 5) is 0. The number of unbranched alkanes of at least 4 members (excludes halogenated alkanes) is 3. The van der Waals surface area contributed by atoms with Gasteiger partial charge >= 0.3 is 0 Å². The predicted molar refractivity (Wildman–Crippen MR) is 69.5 cm³/mol. The molecule has 0 heterocycles. The van der Waals surface area contributed by atoms with Gasteiger partial charge in [0, 0.05) is 13.2 Å². The Morgan fingerprint density at radius 1 is 1.06 bits per heavy atom. The minimum absolute atomic E-state index is 0.726. The van der Waals surface area contributed by atoms with Crippen LogP contribution in [0, 0.1) is 11.8 Å². The summed E-state index contributed by atoms with van der Waals surface area (Å²) in [5.41, 5.74) is 5.81. The van der Waals surface area contributed by atoms with E-state index in [4.69, 9.17) is 10.5 Å². The van der Waals surface area contributed by atoms with E-state index < -0.39 is 0 Å². The van der Waals surface area contributed by atoms with Gasteiger partial charge in [0.05, 0.1) is 0 Å². The minimum atomic E-state index is 0.726. The molecule has 1 fully saturated rings. The molecule has 1 aliphatic rings. The van der Waals surface area contributed by atoms with Gasteiger partial charge in [0.1, 0.15) is 0 Å². The Balaban J connectivity index is 2.02. The Morgan fingerprint density at radius 3 is 2.50 bits per heavy atom. The molecule has 0 amide bonds. The molecule has 0 spiro atoms. The lowest BCUT2D eigenvalue weighted by molar-refractivity contribution is 0.0589. The summed E-state index contributed by atoms with van der Waals surface area (Å²) in [6.45, 7) is 5.00. The molecular formula is C14H29NO. The van der Waals surface area contributed by atoms with Crippen LogP contribution in [0.4, 0.5) is 0 Å². The van der Waals surface area contributed by atoms with Gasteiger partial charge in [-0.15, -0.1) is 0 Å². The van der Waals surface area contributed by atoms with Crippen LogP contribution in [0.3, 0.4) is 0 Å². The molecule has 2 heteroatoms. The molecule has 0 aromatic rings. The highest BCUT2D eigenvalue weighted by Gasteiger charge is 2.23. The fourth-order valence-electron chi connectivity index (χ4n) is 2.68. The molecule has 0 bridgehead atoms. The second-order valence-corrected chi connectivity index (χ2v) is 5.18. The summed E-state index contributed by atoms with van der Waals surface area (Å²) >= 11 is 0. The second-order valence-electron chi connectivity index (χ2n) is 5.18. The van der Waals surface area contributed by atoms with Crippen molar-refractivity contribution in [1.82, 2.24) is 0 Å². The summed E-state index contributed by atoms with van der Waals surface area (Å²) in [5.74, 6) is 1.47. The van der Waals surface area contributed by atoms with Gasteiger partial charge in [-0.05, 0) is 37.6 Å². The molecule has 0 aromatic carbocycles. The topological polar surface area (TPSA) is 35.2 Å². The Kier molecular flexibility index (Phi) is 7.87. The van der Waals surface area contributed by atoms with Crippen LogP contribution >= 0.6 is 0 Å². The molecule has 96 valence electrons. The maximum Gasteiger partial charge on any atom is 0.0497 e. The molecule has 2 nitrogen and oxygen atoms in total. The molecule has 1 aliphatic carbocycles. The Hall–Kier alpha value is -0.0800. The Morgan fingerprint density at radius 2 is 1.81 bits per heavy atom. The standard InChI is InChI=1S/C14H29NO/c1-2-3-4-7-10-16-12-14-9-6-5-8-13(14)11-15/h13-14H,2-12,15H2,1H3. The molecule has 0 saturated heterocycles. The first kappa shape index (κ1) is 14.0. The van der Waals surface area contributed by atoms with Crippen molar-refractivity contribution in [2.75, 3.05) is 19.8 Å². The van der Waals surface area contributed by atoms with Crippen LogP contribution in [-0.2, 0) is 4.74 Å². The lowest BCUT2D eigenvalue weighted by Crippen LogP contribution is -2.30. The third-order valence-corrected chi connectivity index (χ3v) is 3.84. The van der Waals surface area contributed by atoms with Crippen LogP contribution in [0.15, 0.2) is 0 Å². The van der Waals surface area contributed by atoms with Gasteiger partial charge in [-0.1, -0.05) is 39.0 Å². The molecule has 0 aromatic heterocycles. The minimum Gasteiger partial charge on any atom is -0.381 e. The first-order chi connectivity index (χ1) is 7.88. The van der Waals surface area contributed by atoms with E-state index in [1.54, 1.807) is 0 Å². The molecule has 2 atom stereocenters. The van der Waals surface area contributed by atoms with E-state index in [1.165, 1.54) is 51.4 Å². The average Bonchev–Trinajstić information content (AvgIpc) is 2.34. The van der Waals surface area contributed by atoms with Gasteiger partial charge in [-0.3, -0.25) is 0 Å². The first-order valence-electron chi connectivity index (χ1n) is 7.16. The van der Waals surface area contributed by atoms with Crippen LogP contribution in [0.2, 0.25) is 0 Å². The maximum atomic E-state index is 5.81. The second kappa shape index (κ2) is 9.00. The average molecular weight is 227 g/mol. The normalized spacial score (nSPS) is 25.9. The lowest BCUT2D eigenvalue weighted by Gasteiger charge is -2.30. The van der Waals surface area contributed by atoms with Crippen molar-refractivity contribution in [3.63, 3.8) is 0 Å². The molecule has 0 aliphatic heterocycles. The van der Waals surface area contributed by atoms with E-state index >= 15 is 0 Å². The molecule has 0 radical (unpaired) electrons.